The summed E-state index contributed by atoms with van der Waals surface area (Å²) in [5.74, 6) is 0.222. The van der Waals surface area contributed by atoms with Gasteiger partial charge in [-0.05, 0) is 66.9 Å². The molecule has 3 aromatic rings. The number of rotatable bonds is 11. The zero-order valence-electron chi connectivity index (χ0n) is 19.3. The lowest BCUT2D eigenvalue weighted by Gasteiger charge is -2.24. The number of hydrogen-bond donors (Lipinski definition) is 1. The van der Waals surface area contributed by atoms with Crippen molar-refractivity contribution in [1.29, 1.82) is 0 Å². The summed E-state index contributed by atoms with van der Waals surface area (Å²) in [6.07, 6.45) is 1.44. The third-order valence-corrected chi connectivity index (χ3v) is 7.50. The van der Waals surface area contributed by atoms with E-state index in [2.05, 4.69) is 5.32 Å². The molecule has 0 unspecified atom stereocenters. The first-order valence-electron chi connectivity index (χ1n) is 10.8. The second-order valence-corrected chi connectivity index (χ2v) is 10.3. The summed E-state index contributed by atoms with van der Waals surface area (Å²) in [7, 11) is -1.23. The third-order valence-electron chi connectivity index (χ3n) is 5.22. The number of sulfonamides is 1. The fraction of sp³-hybridized carbons (Fsp3) is 0.240. The Labute approximate surface area is 215 Å². The van der Waals surface area contributed by atoms with E-state index >= 15 is 0 Å². The van der Waals surface area contributed by atoms with Gasteiger partial charge in [0.1, 0.15) is 6.54 Å². The van der Waals surface area contributed by atoms with Crippen LogP contribution in [0.15, 0.2) is 71.6 Å². The average Bonchev–Trinajstić information content (AvgIpc) is 2.86. The van der Waals surface area contributed by atoms with Crippen LogP contribution in [0.3, 0.4) is 0 Å². The van der Waals surface area contributed by atoms with Crippen LogP contribution in [0.1, 0.15) is 12.0 Å². The van der Waals surface area contributed by atoms with Crippen LogP contribution in [0.25, 0.3) is 0 Å². The number of methoxy groups -OCH3 is 2. The summed E-state index contributed by atoms with van der Waals surface area (Å²) in [6.45, 7) is -0.00835. The molecule has 0 aromatic heterocycles. The van der Waals surface area contributed by atoms with Gasteiger partial charge in [0, 0.05) is 22.7 Å². The highest BCUT2D eigenvalue weighted by Crippen LogP contribution is 2.32. The molecule has 35 heavy (non-hydrogen) atoms. The smallest absolute Gasteiger partial charge is 0.264 e. The van der Waals surface area contributed by atoms with Crippen LogP contribution in [0, 0.1) is 0 Å². The molecule has 1 N–H and O–H groups in total. The Kier molecular flexibility index (Phi) is 9.26. The molecule has 3 rings (SSSR count). The molecule has 0 fully saturated rings. The molecule has 1 amide bonds. The molecule has 0 bridgehead atoms. The Morgan fingerprint density at radius 1 is 0.886 bits per heavy atom. The quantitative estimate of drug-likeness (QED) is 0.350. The van der Waals surface area contributed by atoms with Gasteiger partial charge >= 0.3 is 0 Å². The van der Waals surface area contributed by atoms with Crippen LogP contribution in [-0.2, 0) is 21.2 Å². The molecule has 10 heteroatoms. The predicted molar refractivity (Wildman–Crippen MR) is 138 cm³/mol. The average molecular weight is 537 g/mol. The molecule has 0 spiro atoms. The van der Waals surface area contributed by atoms with Gasteiger partial charge in [-0.2, -0.15) is 0 Å². The van der Waals surface area contributed by atoms with Gasteiger partial charge in [0.2, 0.25) is 5.91 Å². The molecule has 0 heterocycles. The third kappa shape index (κ3) is 7.04. The Balaban J connectivity index is 1.76. The summed E-state index contributed by atoms with van der Waals surface area (Å²) >= 11 is 11.9. The van der Waals surface area contributed by atoms with E-state index in [1.807, 2.05) is 24.3 Å². The molecule has 0 saturated carbocycles. The molecule has 0 aliphatic heterocycles. The molecule has 0 aliphatic carbocycles. The van der Waals surface area contributed by atoms with E-state index in [-0.39, 0.29) is 10.6 Å². The van der Waals surface area contributed by atoms with Crippen molar-refractivity contribution < 1.29 is 22.7 Å². The molecule has 7 nitrogen and oxygen atoms in total. The summed E-state index contributed by atoms with van der Waals surface area (Å²) in [6, 6.07) is 18.0. The van der Waals surface area contributed by atoms with Gasteiger partial charge < -0.3 is 14.8 Å². The Hall–Kier alpha value is -2.94. The summed E-state index contributed by atoms with van der Waals surface area (Å²) in [4.78, 5) is 12.7. The summed E-state index contributed by atoms with van der Waals surface area (Å²) < 4.78 is 38.6. The molecule has 0 saturated heterocycles. The number of anilines is 1. The van der Waals surface area contributed by atoms with Gasteiger partial charge in [-0.25, -0.2) is 8.42 Å². The number of carbonyl (C=O) groups excluding carboxylic acids is 1. The van der Waals surface area contributed by atoms with E-state index in [0.29, 0.717) is 34.4 Å². The van der Waals surface area contributed by atoms with E-state index in [0.717, 1.165) is 16.3 Å². The Morgan fingerprint density at radius 3 is 2.09 bits per heavy atom. The highest BCUT2D eigenvalue weighted by atomic mass is 35.5. The van der Waals surface area contributed by atoms with Crippen molar-refractivity contribution in [1.82, 2.24) is 5.32 Å². The van der Waals surface area contributed by atoms with Gasteiger partial charge in [-0.3, -0.25) is 9.10 Å². The largest absolute Gasteiger partial charge is 0.493 e. The minimum atomic E-state index is -4.12. The first-order valence-corrected chi connectivity index (χ1v) is 13.0. The molecule has 3 aromatic carbocycles. The van der Waals surface area contributed by atoms with Gasteiger partial charge in [-0.15, -0.1) is 0 Å². The van der Waals surface area contributed by atoms with Crippen LogP contribution in [0.5, 0.6) is 11.5 Å². The van der Waals surface area contributed by atoms with Gasteiger partial charge in [-0.1, -0.05) is 35.3 Å². The van der Waals surface area contributed by atoms with Crippen LogP contribution in [0.4, 0.5) is 5.69 Å². The summed E-state index contributed by atoms with van der Waals surface area (Å²) in [5, 5.41) is 3.91. The van der Waals surface area contributed by atoms with Crippen molar-refractivity contribution >= 4 is 44.8 Å². The molecule has 186 valence electrons. The van der Waals surface area contributed by atoms with E-state index in [4.69, 9.17) is 32.7 Å². The molecule has 0 aliphatic rings. The van der Waals surface area contributed by atoms with Crippen molar-refractivity contribution in [3.05, 3.63) is 82.3 Å². The predicted octanol–water partition coefficient (Wildman–Crippen LogP) is 4.95. The number of benzene rings is 3. The maximum Gasteiger partial charge on any atom is 0.264 e. The first-order chi connectivity index (χ1) is 16.7. The van der Waals surface area contributed by atoms with Crippen LogP contribution >= 0.6 is 23.2 Å². The number of carbonyl (C=O) groups is 1. The highest BCUT2D eigenvalue weighted by Gasteiger charge is 2.28. The van der Waals surface area contributed by atoms with Crippen molar-refractivity contribution in [3.8, 4) is 11.5 Å². The molecular formula is C25H26Cl2N2O5S. The van der Waals surface area contributed by atoms with Crippen LogP contribution < -0.4 is 19.1 Å². The Morgan fingerprint density at radius 2 is 1.49 bits per heavy atom. The minimum Gasteiger partial charge on any atom is -0.493 e. The Bertz CT molecular complexity index is 1250. The number of ether oxygens (including phenoxy) is 2. The zero-order chi connectivity index (χ0) is 25.4. The second kappa shape index (κ2) is 12.2. The first kappa shape index (κ1) is 26.7. The van der Waals surface area contributed by atoms with Crippen molar-refractivity contribution in [2.75, 3.05) is 31.6 Å². The van der Waals surface area contributed by atoms with E-state index in [9.17, 15) is 13.2 Å². The van der Waals surface area contributed by atoms with Crippen LogP contribution in [-0.4, -0.2) is 41.6 Å². The van der Waals surface area contributed by atoms with Crippen molar-refractivity contribution in [2.24, 2.45) is 0 Å². The molecule has 0 radical (unpaired) electrons. The van der Waals surface area contributed by atoms with E-state index in [1.165, 1.54) is 32.4 Å². The van der Waals surface area contributed by atoms with Crippen molar-refractivity contribution in [3.63, 3.8) is 0 Å². The lowest BCUT2D eigenvalue weighted by Crippen LogP contribution is -2.41. The normalized spacial score (nSPS) is 11.1. The highest BCUT2D eigenvalue weighted by molar-refractivity contribution is 7.92. The maximum absolute atomic E-state index is 13.6. The number of nitrogens with zero attached hydrogens (tertiary/aromatic N) is 1. The van der Waals surface area contributed by atoms with Gasteiger partial charge in [0.15, 0.2) is 11.5 Å². The number of halogens is 2. The van der Waals surface area contributed by atoms with Gasteiger partial charge in [0.25, 0.3) is 10.0 Å². The topological polar surface area (TPSA) is 84.9 Å². The summed E-state index contributed by atoms with van der Waals surface area (Å²) in [5.41, 5.74) is 1.41. The second-order valence-electron chi connectivity index (χ2n) is 7.58. The van der Waals surface area contributed by atoms with Crippen LogP contribution in [0.2, 0.25) is 10.0 Å². The number of hydrogen-bond acceptors (Lipinski definition) is 5. The fourth-order valence-electron chi connectivity index (χ4n) is 3.38. The number of aryl methyl sites for hydroxylation is 1. The lowest BCUT2D eigenvalue weighted by molar-refractivity contribution is -0.119. The zero-order valence-corrected chi connectivity index (χ0v) is 21.7. The van der Waals surface area contributed by atoms with E-state index in [1.54, 1.807) is 24.3 Å². The minimum absolute atomic E-state index is 0.0411. The van der Waals surface area contributed by atoms with E-state index < -0.39 is 22.5 Å². The number of amides is 1. The lowest BCUT2D eigenvalue weighted by atomic mass is 10.1. The fourth-order valence-corrected chi connectivity index (χ4v) is 5.07. The van der Waals surface area contributed by atoms with Gasteiger partial charge in [0.05, 0.1) is 24.8 Å². The SMILES string of the molecule is COc1ccc(S(=O)(=O)N(CC(=O)NCCCc2ccc(Cl)cc2)c2ccc(Cl)cc2)cc1OC. The molecule has 0 atom stereocenters. The monoisotopic (exact) mass is 536 g/mol. The molecular weight excluding hydrogens is 511 g/mol. The number of nitrogens with one attached hydrogen (secondary N) is 1. The standard InChI is InChI=1S/C25H26Cl2N2O5S/c1-33-23-14-13-22(16-24(23)34-2)35(31,32)29(21-11-9-20(27)10-12-21)17-25(30)28-15-3-4-18-5-7-19(26)8-6-18/h5-14,16H,3-4,15,17H2,1-2H3,(H,28,30). The maximum atomic E-state index is 13.6. The van der Waals surface area contributed by atoms with Crippen molar-refractivity contribution in [2.45, 2.75) is 17.7 Å².